The van der Waals surface area contributed by atoms with E-state index < -0.39 is 18.0 Å². The fourth-order valence-electron chi connectivity index (χ4n) is 8.92. The Hall–Kier alpha value is -2.98. The summed E-state index contributed by atoms with van der Waals surface area (Å²) in [4.78, 5) is 28.7. The lowest BCUT2D eigenvalue weighted by Crippen LogP contribution is -2.77. The summed E-state index contributed by atoms with van der Waals surface area (Å²) in [6.07, 6.45) is 0.249. The normalized spacial score (nSPS) is 32.6. The fourth-order valence-corrected chi connectivity index (χ4v) is 8.92. The minimum Gasteiger partial charge on any atom is -0.543 e. The van der Waals surface area contributed by atoms with Crippen molar-refractivity contribution in [3.63, 3.8) is 0 Å². The molecule has 2 aromatic rings. The van der Waals surface area contributed by atoms with Crippen LogP contribution in [0.1, 0.15) is 25.0 Å². The van der Waals surface area contributed by atoms with Gasteiger partial charge in [0.05, 0.1) is 36.3 Å². The maximum Gasteiger partial charge on any atom is 0.235 e. The van der Waals surface area contributed by atoms with Crippen molar-refractivity contribution < 1.29 is 34.5 Å². The molecule has 0 aliphatic carbocycles. The highest BCUT2D eigenvalue weighted by molar-refractivity contribution is 6.02. The van der Waals surface area contributed by atoms with Crippen molar-refractivity contribution in [2.45, 2.75) is 39.0 Å². The summed E-state index contributed by atoms with van der Waals surface area (Å²) in [5, 5.41) is 25.0. The number of rotatable bonds is 9. The van der Waals surface area contributed by atoms with E-state index >= 15 is 0 Å². The number of carbonyl (C=O) groups is 2. The highest BCUT2D eigenvalue weighted by Gasteiger charge is 2.58. The standard InChI is InChI=1S/C32H42N5O4/c1-20-25(30(32(40)41)35-29(20)27(21(2)38)31(35)39)19-34-18-23-7-6-22(24-4-3-5-26(34)28(23)24)8-10-36-12-15-37(11-9-33,16-13-36)17-14-36/h3-7,20-21,27,29,38H,8-19,33H2,1-2H3/q+1/p+1/t20-,21?,27?,29?,36?,37?/m0/s1. The van der Waals surface area contributed by atoms with Gasteiger partial charge < -0.3 is 39.5 Å². The first-order valence-electron chi connectivity index (χ1n) is 15.4. The number of anilines is 1. The van der Waals surface area contributed by atoms with Crippen molar-refractivity contribution in [1.29, 1.82) is 0 Å². The van der Waals surface area contributed by atoms with E-state index in [9.17, 15) is 19.8 Å². The van der Waals surface area contributed by atoms with Crippen LogP contribution >= 0.6 is 0 Å². The number of hydrogen-bond acceptors (Lipinski definition) is 5. The van der Waals surface area contributed by atoms with Gasteiger partial charge in [0.2, 0.25) is 5.91 Å². The summed E-state index contributed by atoms with van der Waals surface area (Å²) in [6.45, 7) is 15.9. The van der Waals surface area contributed by atoms with Crippen LogP contribution in [0, 0.1) is 11.8 Å². The maximum absolute atomic E-state index is 12.8. The summed E-state index contributed by atoms with van der Waals surface area (Å²) < 4.78 is 2.52. The van der Waals surface area contributed by atoms with Gasteiger partial charge in [-0.05, 0) is 35.1 Å². The topological polar surface area (TPSA) is 112 Å². The number of hydrogen-bond donors (Lipinski definition) is 2. The number of piperazine rings is 3. The number of aliphatic hydroxyl groups is 1. The van der Waals surface area contributed by atoms with Gasteiger partial charge in [0.1, 0.15) is 52.4 Å². The van der Waals surface area contributed by atoms with Gasteiger partial charge in [0.15, 0.2) is 0 Å². The second kappa shape index (κ2) is 9.52. The van der Waals surface area contributed by atoms with Crippen LogP contribution in [0.5, 0.6) is 0 Å². The quantitative estimate of drug-likeness (QED) is 0.316. The molecule has 0 saturated carbocycles. The third-order valence-electron chi connectivity index (χ3n) is 11.4. The van der Waals surface area contributed by atoms with Crippen molar-refractivity contribution in [2.75, 3.05) is 70.3 Å². The molecule has 6 aliphatic rings. The predicted octanol–water partition coefficient (Wildman–Crippen LogP) is -0.533. The first kappa shape index (κ1) is 26.9. The number of quaternary nitrogens is 3. The molecule has 4 N–H and O–H groups in total. The van der Waals surface area contributed by atoms with E-state index in [0.29, 0.717) is 13.1 Å². The minimum absolute atomic E-state index is 0.00282. The number of β-lactam (4-membered cyclic amide) rings is 1. The van der Waals surface area contributed by atoms with E-state index in [1.807, 2.05) is 6.92 Å². The zero-order chi connectivity index (χ0) is 28.7. The van der Waals surface area contributed by atoms with Crippen LogP contribution in [-0.2, 0) is 22.6 Å². The number of amides is 1. The van der Waals surface area contributed by atoms with Gasteiger partial charge in [-0.1, -0.05) is 31.2 Å². The van der Waals surface area contributed by atoms with Gasteiger partial charge in [-0.25, -0.2) is 0 Å². The van der Waals surface area contributed by atoms with Crippen molar-refractivity contribution in [1.82, 2.24) is 4.90 Å². The van der Waals surface area contributed by atoms with Crippen LogP contribution in [0.2, 0.25) is 0 Å². The molecule has 218 valence electrons. The van der Waals surface area contributed by atoms with Gasteiger partial charge in [-0.3, -0.25) is 4.79 Å². The van der Waals surface area contributed by atoms with E-state index in [1.54, 1.807) is 6.92 Å². The largest absolute Gasteiger partial charge is 0.543 e. The number of benzene rings is 2. The molecule has 0 radical (unpaired) electrons. The lowest BCUT2D eigenvalue weighted by Gasteiger charge is -2.55. The van der Waals surface area contributed by atoms with Crippen LogP contribution in [0.15, 0.2) is 41.6 Å². The Morgan fingerprint density at radius 1 is 1.10 bits per heavy atom. The molecule has 4 atom stereocenters. The Morgan fingerprint density at radius 3 is 2.41 bits per heavy atom. The highest BCUT2D eigenvalue weighted by Crippen LogP contribution is 2.48. The first-order valence-corrected chi connectivity index (χ1v) is 15.4. The maximum atomic E-state index is 12.8. The number of carboxylic acid groups (broad SMARTS) is 1. The van der Waals surface area contributed by atoms with Gasteiger partial charge in [-0.15, -0.1) is 0 Å². The lowest BCUT2D eigenvalue weighted by molar-refractivity contribution is -1.08. The second-order valence-corrected chi connectivity index (χ2v) is 13.4. The number of carbonyl (C=O) groups excluding carboxylic acids is 2. The summed E-state index contributed by atoms with van der Waals surface area (Å²) in [6, 6.07) is 10.7. The van der Waals surface area contributed by atoms with Crippen LogP contribution in [0.25, 0.3) is 10.8 Å². The molecule has 2 aromatic carbocycles. The zero-order valence-corrected chi connectivity index (χ0v) is 24.3. The summed E-state index contributed by atoms with van der Waals surface area (Å²) in [7, 11) is 0. The number of nitrogens with zero attached hydrogens (tertiary/aromatic N) is 4. The summed E-state index contributed by atoms with van der Waals surface area (Å²) >= 11 is 0. The highest BCUT2D eigenvalue weighted by atomic mass is 16.4. The SMILES string of the molecule is CC(O)C1C(=O)N2C(C(=O)[O-])=C(CN3Cc4ccc(CC[N+]56CC[N+](CC[NH3+])(CC5)CC6)c5cccc3c45)[C@H](C)C12. The van der Waals surface area contributed by atoms with E-state index in [2.05, 4.69) is 41.0 Å². The van der Waals surface area contributed by atoms with Gasteiger partial charge in [0, 0.05) is 36.5 Å². The third kappa shape index (κ3) is 3.96. The van der Waals surface area contributed by atoms with E-state index in [1.165, 1.54) is 88.1 Å². The van der Waals surface area contributed by atoms with Gasteiger partial charge in [0.25, 0.3) is 0 Å². The Morgan fingerprint density at radius 2 is 1.78 bits per heavy atom. The molecular formula is C32H43N5O4+2. The van der Waals surface area contributed by atoms with Crippen LogP contribution in [-0.4, -0.2) is 108 Å². The number of aliphatic carboxylic acids is 1. The van der Waals surface area contributed by atoms with E-state index in [0.717, 1.165) is 24.2 Å². The molecule has 0 spiro atoms. The smallest absolute Gasteiger partial charge is 0.235 e. The monoisotopic (exact) mass is 561 g/mol. The Labute approximate surface area is 241 Å². The summed E-state index contributed by atoms with van der Waals surface area (Å²) in [5.41, 5.74) is 8.63. The van der Waals surface area contributed by atoms with Crippen LogP contribution < -0.4 is 15.7 Å². The number of fused-ring (bicyclic) bond motifs is 4. The molecular weight excluding hydrogens is 518 g/mol. The average Bonchev–Trinajstić information content (AvgIpc) is 3.43. The Bertz CT molecular complexity index is 1440. The molecule has 9 heteroatoms. The lowest BCUT2D eigenvalue weighted by atomic mass is 9.77. The molecule has 1 amide bonds. The first-order chi connectivity index (χ1) is 19.7. The molecule has 8 rings (SSSR count). The van der Waals surface area contributed by atoms with Crippen molar-refractivity contribution >= 4 is 28.3 Å². The van der Waals surface area contributed by atoms with Crippen molar-refractivity contribution in [2.24, 2.45) is 11.8 Å². The van der Waals surface area contributed by atoms with E-state index in [4.69, 9.17) is 0 Å². The van der Waals surface area contributed by atoms with E-state index in [-0.39, 0.29) is 23.6 Å². The van der Waals surface area contributed by atoms with Crippen LogP contribution in [0.3, 0.4) is 0 Å². The third-order valence-corrected chi connectivity index (χ3v) is 11.4. The number of aliphatic hydroxyl groups excluding tert-OH is 1. The van der Waals surface area contributed by atoms with Crippen LogP contribution in [0.4, 0.5) is 5.69 Å². The Balaban J connectivity index is 1.13. The average molecular weight is 562 g/mol. The molecule has 9 nitrogen and oxygen atoms in total. The molecule has 6 aliphatic heterocycles. The molecule has 41 heavy (non-hydrogen) atoms. The molecule has 0 aromatic heterocycles. The van der Waals surface area contributed by atoms with Gasteiger partial charge >= 0.3 is 0 Å². The fraction of sp³-hybridized carbons (Fsp3) is 0.562. The molecule has 6 heterocycles. The van der Waals surface area contributed by atoms with Gasteiger partial charge in [-0.2, -0.15) is 0 Å². The molecule has 4 saturated heterocycles. The molecule has 2 bridgehead atoms. The zero-order valence-electron chi connectivity index (χ0n) is 24.3. The molecule has 4 fully saturated rings. The van der Waals surface area contributed by atoms with Crippen molar-refractivity contribution in [3.05, 3.63) is 52.7 Å². The van der Waals surface area contributed by atoms with Crippen molar-refractivity contribution in [3.8, 4) is 0 Å². The second-order valence-electron chi connectivity index (χ2n) is 13.4. The summed E-state index contributed by atoms with van der Waals surface area (Å²) in [5.74, 6) is -2.35. The Kier molecular flexibility index (Phi) is 6.25. The predicted molar refractivity (Wildman–Crippen MR) is 153 cm³/mol. The minimum atomic E-state index is -1.31. The number of carboxylic acids is 1. The molecule has 3 unspecified atom stereocenters.